The first-order valence-corrected chi connectivity index (χ1v) is 15.4. The number of hydrogen-bond donors (Lipinski definition) is 3. The van der Waals surface area contributed by atoms with E-state index in [2.05, 4.69) is 16.0 Å². The van der Waals surface area contributed by atoms with Gasteiger partial charge in [0.25, 0.3) is 0 Å². The Bertz CT molecular complexity index is 1400. The molecule has 6 rings (SSSR count). The van der Waals surface area contributed by atoms with Crippen LogP contribution in [0.1, 0.15) is 50.2 Å². The first-order chi connectivity index (χ1) is 18.8. The highest BCUT2D eigenvalue weighted by Gasteiger charge is 2.67. The van der Waals surface area contributed by atoms with Crippen LogP contribution in [0.15, 0.2) is 53.2 Å². The lowest BCUT2D eigenvalue weighted by Gasteiger charge is -2.44. The quantitative estimate of drug-likeness (QED) is 0.371. The van der Waals surface area contributed by atoms with Crippen LogP contribution in [0.2, 0.25) is 0 Å². The summed E-state index contributed by atoms with van der Waals surface area (Å²) in [5.74, 6) is 0.981. The van der Waals surface area contributed by atoms with E-state index in [9.17, 15) is 19.2 Å². The largest absolute Gasteiger partial charge is 0.440 e. The van der Waals surface area contributed by atoms with Crippen LogP contribution in [0.5, 0.6) is 0 Å². The Kier molecular flexibility index (Phi) is 6.41. The van der Waals surface area contributed by atoms with Gasteiger partial charge in [0.15, 0.2) is 0 Å². The van der Waals surface area contributed by atoms with Gasteiger partial charge in [-0.1, -0.05) is 25.0 Å². The summed E-state index contributed by atoms with van der Waals surface area (Å²) in [6, 6.07) is 14.2. The predicted molar refractivity (Wildman–Crippen MR) is 150 cm³/mol. The summed E-state index contributed by atoms with van der Waals surface area (Å²) in [6.07, 6.45) is 7.73. The van der Waals surface area contributed by atoms with Crippen LogP contribution >= 0.6 is 10.6 Å². The number of aromatic nitrogens is 2. The van der Waals surface area contributed by atoms with Crippen molar-refractivity contribution in [3.05, 3.63) is 54.6 Å². The fourth-order valence-electron chi connectivity index (χ4n) is 6.62. The molecule has 204 valence electrons. The van der Waals surface area contributed by atoms with E-state index in [0.717, 1.165) is 29.7 Å². The number of nitriles is 1. The lowest BCUT2D eigenvalue weighted by molar-refractivity contribution is -0.135. The molecular weight excluding hydrogens is 514 g/mol. The third kappa shape index (κ3) is 4.39. The summed E-state index contributed by atoms with van der Waals surface area (Å²) in [6.45, 7) is 1.17. The number of oxazole rings is 1. The number of pyridine rings is 1. The van der Waals surface area contributed by atoms with Gasteiger partial charge in [-0.05, 0) is 49.9 Å². The molecule has 3 aromatic rings. The molecule has 2 saturated carbocycles. The van der Waals surface area contributed by atoms with Crippen molar-refractivity contribution in [2.24, 2.45) is 16.6 Å². The van der Waals surface area contributed by atoms with E-state index in [4.69, 9.17) is 15.1 Å². The highest BCUT2D eigenvalue weighted by molar-refractivity contribution is 8.24. The monoisotopic (exact) mass is 547 g/mol. The topological polar surface area (TPSA) is 149 Å². The molecule has 2 aliphatic carbocycles. The van der Waals surface area contributed by atoms with E-state index in [1.807, 2.05) is 36.4 Å². The summed E-state index contributed by atoms with van der Waals surface area (Å²) in [7, 11) is -2.47. The highest BCUT2D eigenvalue weighted by Crippen LogP contribution is 2.68. The summed E-state index contributed by atoms with van der Waals surface area (Å²) in [5, 5.41) is 10.2. The van der Waals surface area contributed by atoms with Crippen LogP contribution in [0.25, 0.3) is 22.7 Å². The zero-order valence-corrected chi connectivity index (χ0v) is 22.6. The van der Waals surface area contributed by atoms with Crippen molar-refractivity contribution >= 4 is 22.2 Å². The van der Waals surface area contributed by atoms with Crippen LogP contribution in [-0.4, -0.2) is 49.6 Å². The Morgan fingerprint density at radius 3 is 2.46 bits per heavy atom. The molecule has 0 radical (unpaired) electrons. The fourth-order valence-corrected chi connectivity index (χ4v) is 7.85. The average molecular weight is 548 g/mol. The number of amides is 1. The van der Waals surface area contributed by atoms with Gasteiger partial charge in [0, 0.05) is 42.7 Å². The van der Waals surface area contributed by atoms with E-state index in [0.29, 0.717) is 67.6 Å². The lowest BCUT2D eigenvalue weighted by Crippen LogP contribution is -2.50. The van der Waals surface area contributed by atoms with Gasteiger partial charge < -0.3 is 15.1 Å². The van der Waals surface area contributed by atoms with E-state index < -0.39 is 27.3 Å². The minimum Gasteiger partial charge on any atom is -0.440 e. The second-order valence-corrected chi connectivity index (χ2v) is 13.5. The summed E-state index contributed by atoms with van der Waals surface area (Å²) < 4.78 is 26.5. The van der Waals surface area contributed by atoms with Crippen LogP contribution in [0.3, 0.4) is 0 Å². The molecule has 1 amide bonds. The molecule has 39 heavy (non-hydrogen) atoms. The number of carbonyl (C=O) groups is 1. The molecule has 9 nitrogen and oxygen atoms in total. The second-order valence-electron chi connectivity index (χ2n) is 11.0. The highest BCUT2D eigenvalue weighted by atomic mass is 32.3. The number of hydrogen-bond acceptors (Lipinski definition) is 8. The second kappa shape index (κ2) is 9.66. The number of rotatable bonds is 6. The summed E-state index contributed by atoms with van der Waals surface area (Å²) in [4.78, 5) is 24.5. The fraction of sp³-hybridized carbons (Fsp3) is 0.448. The van der Waals surface area contributed by atoms with Gasteiger partial charge >= 0.3 is 0 Å². The molecule has 1 saturated heterocycles. The summed E-state index contributed by atoms with van der Waals surface area (Å²) >= 11 is 0. The minimum absolute atomic E-state index is 0.356. The smallest absolute Gasteiger partial charge is 0.228 e. The maximum atomic E-state index is 13.3. The Morgan fingerprint density at radius 1 is 1.10 bits per heavy atom. The molecule has 0 bridgehead atoms. The maximum absolute atomic E-state index is 13.3. The number of benzene rings is 1. The SMILES string of the molecule is N#CC1(C2(C(N)=O)CCCCC2c2oc(-c3cccnc3)nc2-c2ccc(N3CCS(O)(O)CC3)cc2)CC1. The van der Waals surface area contributed by atoms with Crippen LogP contribution in [0.4, 0.5) is 5.69 Å². The zero-order valence-electron chi connectivity index (χ0n) is 21.8. The standard InChI is InChI=1S/C29H33N5O4S/c30-19-28(11-12-28)29(27(31)35)10-2-1-5-23(29)25-24(33-26(38-25)21-4-3-13-32-18-21)20-6-8-22(9-7-20)34-14-16-39(36,37)17-15-34/h3-4,6-9,13,18,23,36-37H,1-2,5,10-12,14-17H2,(H2,31,35). The normalized spacial score (nSPS) is 26.4. The summed E-state index contributed by atoms with van der Waals surface area (Å²) in [5.41, 5.74) is 7.62. The molecule has 10 heteroatoms. The van der Waals surface area contributed by atoms with Crippen molar-refractivity contribution in [3.63, 3.8) is 0 Å². The van der Waals surface area contributed by atoms with Gasteiger partial charge in [-0.15, -0.1) is 0 Å². The third-order valence-electron chi connectivity index (χ3n) is 8.93. The van der Waals surface area contributed by atoms with E-state index in [-0.39, 0.29) is 5.92 Å². The molecule has 3 heterocycles. The molecule has 2 atom stereocenters. The number of carbonyl (C=O) groups excluding carboxylic acids is 1. The molecule has 3 fully saturated rings. The number of nitrogens with zero attached hydrogens (tertiary/aromatic N) is 4. The van der Waals surface area contributed by atoms with Crippen molar-refractivity contribution in [1.82, 2.24) is 9.97 Å². The van der Waals surface area contributed by atoms with Gasteiger partial charge in [0.05, 0.1) is 34.0 Å². The first-order valence-electron chi connectivity index (χ1n) is 13.5. The number of primary amides is 1. The molecule has 2 unspecified atom stereocenters. The first kappa shape index (κ1) is 25.9. The average Bonchev–Trinajstić information content (AvgIpc) is 3.64. The number of nitrogens with two attached hydrogens (primary N) is 1. The minimum atomic E-state index is -2.47. The van der Waals surface area contributed by atoms with Gasteiger partial charge in [-0.3, -0.25) is 18.9 Å². The van der Waals surface area contributed by atoms with Gasteiger partial charge in [0.2, 0.25) is 11.8 Å². The van der Waals surface area contributed by atoms with E-state index in [1.54, 1.807) is 12.4 Å². The van der Waals surface area contributed by atoms with Crippen LogP contribution in [0, 0.1) is 22.2 Å². The molecule has 0 spiro atoms. The number of anilines is 1. The van der Waals surface area contributed by atoms with Gasteiger partial charge in [-0.2, -0.15) is 15.9 Å². The Hall–Kier alpha value is -3.39. The van der Waals surface area contributed by atoms with Gasteiger partial charge in [0.1, 0.15) is 11.5 Å². The Balaban J connectivity index is 1.43. The molecule has 1 aromatic carbocycles. The molecule has 3 aliphatic rings. The van der Waals surface area contributed by atoms with E-state index >= 15 is 0 Å². The lowest BCUT2D eigenvalue weighted by atomic mass is 9.56. The predicted octanol–water partition coefficient (Wildman–Crippen LogP) is 5.41. The van der Waals surface area contributed by atoms with Crippen molar-refractivity contribution in [2.45, 2.75) is 44.4 Å². The van der Waals surface area contributed by atoms with Crippen molar-refractivity contribution in [3.8, 4) is 28.8 Å². The Morgan fingerprint density at radius 2 is 1.85 bits per heavy atom. The molecule has 4 N–H and O–H groups in total. The Labute approximate surface area is 229 Å². The van der Waals surface area contributed by atoms with E-state index in [1.165, 1.54) is 0 Å². The van der Waals surface area contributed by atoms with Crippen molar-refractivity contribution in [2.75, 3.05) is 29.5 Å². The van der Waals surface area contributed by atoms with Gasteiger partial charge in [-0.25, -0.2) is 4.98 Å². The molecular formula is C29H33N5O4S. The third-order valence-corrected chi connectivity index (χ3v) is 10.6. The van der Waals surface area contributed by atoms with Crippen molar-refractivity contribution in [1.29, 1.82) is 5.26 Å². The zero-order chi connectivity index (χ0) is 27.3. The molecule has 1 aliphatic heterocycles. The maximum Gasteiger partial charge on any atom is 0.228 e. The molecule has 2 aromatic heterocycles. The van der Waals surface area contributed by atoms with Crippen molar-refractivity contribution < 1.29 is 18.3 Å². The van der Waals surface area contributed by atoms with Crippen LogP contribution in [-0.2, 0) is 4.79 Å². The van der Waals surface area contributed by atoms with Crippen LogP contribution < -0.4 is 10.6 Å².